The van der Waals surface area contributed by atoms with E-state index in [0.717, 1.165) is 51.5 Å². The first-order valence-electron chi connectivity index (χ1n) is 12.7. The minimum absolute atomic E-state index is 0.0962. The van der Waals surface area contributed by atoms with Gasteiger partial charge in [0.1, 0.15) is 24.2 Å². The molecule has 2 aliphatic carbocycles. The number of allylic oxidation sites excluding steroid dienone is 7. The van der Waals surface area contributed by atoms with Crippen molar-refractivity contribution < 1.29 is 8.81 Å². The van der Waals surface area contributed by atoms with Crippen LogP contribution in [0.2, 0.25) is 0 Å². The molecule has 1 saturated heterocycles. The Labute approximate surface area is 219 Å². The lowest BCUT2D eigenvalue weighted by atomic mass is 9.96. The number of H-pyrrole nitrogens is 1. The Kier molecular flexibility index (Phi) is 5.04. The molecule has 8 heteroatoms. The fraction of sp³-hybridized carbons (Fsp3) is 0.200. The molecule has 7 rings (SSSR count). The number of benzene rings is 1. The molecule has 190 valence electrons. The third-order valence-electron chi connectivity index (χ3n) is 7.34. The molecule has 7 nitrogen and oxygen atoms in total. The van der Waals surface area contributed by atoms with Gasteiger partial charge in [0.25, 0.3) is 0 Å². The van der Waals surface area contributed by atoms with E-state index in [1.165, 1.54) is 5.57 Å². The number of hydrogen-bond donors (Lipinski definition) is 3. The third-order valence-corrected chi connectivity index (χ3v) is 7.34. The Morgan fingerprint density at radius 2 is 2.03 bits per heavy atom. The van der Waals surface area contributed by atoms with Crippen LogP contribution >= 0.6 is 0 Å². The molecule has 38 heavy (non-hydrogen) atoms. The van der Waals surface area contributed by atoms with Crippen LogP contribution in [0, 0.1) is 5.82 Å². The average molecular weight is 507 g/mol. The van der Waals surface area contributed by atoms with Gasteiger partial charge in [-0.1, -0.05) is 17.7 Å². The number of aromatic nitrogens is 2. The van der Waals surface area contributed by atoms with Crippen molar-refractivity contribution in [2.45, 2.75) is 19.4 Å². The highest BCUT2D eigenvalue weighted by atomic mass is 19.1. The van der Waals surface area contributed by atoms with Gasteiger partial charge in [-0.15, -0.1) is 0 Å². The number of imidazole rings is 1. The van der Waals surface area contributed by atoms with E-state index in [0.29, 0.717) is 29.5 Å². The van der Waals surface area contributed by atoms with Gasteiger partial charge in [0.05, 0.1) is 23.9 Å². The second kappa shape index (κ2) is 8.48. The Bertz CT molecular complexity index is 1660. The van der Waals surface area contributed by atoms with Gasteiger partial charge in [-0.25, -0.2) is 9.37 Å². The van der Waals surface area contributed by atoms with Crippen LogP contribution in [-0.2, 0) is 0 Å². The molecular weight excluding hydrogens is 479 g/mol. The van der Waals surface area contributed by atoms with Gasteiger partial charge in [-0.05, 0) is 55.3 Å². The molecule has 1 atom stereocenters. The molecule has 3 N–H and O–H groups in total. The van der Waals surface area contributed by atoms with Crippen LogP contribution in [0.1, 0.15) is 53.3 Å². The first kappa shape index (κ1) is 22.6. The largest absolute Gasteiger partial charge is 0.472 e. The molecule has 1 fully saturated rings. The van der Waals surface area contributed by atoms with Crippen molar-refractivity contribution in [1.82, 2.24) is 20.2 Å². The molecule has 0 bridgehead atoms. The van der Waals surface area contributed by atoms with Crippen LogP contribution < -0.4 is 10.6 Å². The van der Waals surface area contributed by atoms with Gasteiger partial charge in [-0.3, -0.25) is 4.99 Å². The van der Waals surface area contributed by atoms with Crippen molar-refractivity contribution in [3.05, 3.63) is 118 Å². The van der Waals surface area contributed by atoms with Crippen molar-refractivity contribution in [2.24, 2.45) is 4.99 Å². The van der Waals surface area contributed by atoms with Gasteiger partial charge in [0.15, 0.2) is 5.82 Å². The SMILES string of the molecule is CC1=CC(N(C)C)=CC(c2cc3c(cc2F)NCN=C3c2nc3c([nH]2)C2NC2=CC=C3c2ccoc2)=CC1. The predicted molar refractivity (Wildman–Crippen MR) is 147 cm³/mol. The smallest absolute Gasteiger partial charge is 0.157 e. The predicted octanol–water partition coefficient (Wildman–Crippen LogP) is 5.51. The maximum Gasteiger partial charge on any atom is 0.157 e. The van der Waals surface area contributed by atoms with Gasteiger partial charge >= 0.3 is 0 Å². The molecule has 3 aromatic rings. The van der Waals surface area contributed by atoms with Crippen LogP contribution in [0.15, 0.2) is 87.5 Å². The highest BCUT2D eigenvalue weighted by molar-refractivity contribution is 6.15. The summed E-state index contributed by atoms with van der Waals surface area (Å²) in [5, 5.41) is 6.64. The molecule has 2 aromatic heterocycles. The number of anilines is 1. The quantitative estimate of drug-likeness (QED) is 0.406. The number of halogens is 1. The lowest BCUT2D eigenvalue weighted by Gasteiger charge is -2.20. The fourth-order valence-electron chi connectivity index (χ4n) is 5.23. The number of rotatable bonds is 4. The summed E-state index contributed by atoms with van der Waals surface area (Å²) in [6, 6.07) is 5.50. The lowest BCUT2D eigenvalue weighted by molar-refractivity contribution is 0.529. The van der Waals surface area contributed by atoms with E-state index in [-0.39, 0.29) is 11.9 Å². The molecule has 0 saturated carbocycles. The van der Waals surface area contributed by atoms with E-state index >= 15 is 4.39 Å². The Balaban J connectivity index is 1.33. The Hall–Kier alpha value is -4.59. The Morgan fingerprint density at radius 1 is 1.13 bits per heavy atom. The van der Waals surface area contributed by atoms with Crippen LogP contribution in [0.5, 0.6) is 0 Å². The van der Waals surface area contributed by atoms with Crippen molar-refractivity contribution in [3.8, 4) is 0 Å². The van der Waals surface area contributed by atoms with Crippen LogP contribution in [0.4, 0.5) is 10.1 Å². The second-order valence-electron chi connectivity index (χ2n) is 10.2. The zero-order valence-electron chi connectivity index (χ0n) is 21.4. The summed E-state index contributed by atoms with van der Waals surface area (Å²) in [7, 11) is 4.00. The van der Waals surface area contributed by atoms with Crippen molar-refractivity contribution in [1.29, 1.82) is 0 Å². The monoisotopic (exact) mass is 506 g/mol. The zero-order valence-corrected chi connectivity index (χ0v) is 21.4. The van der Waals surface area contributed by atoms with Gasteiger partial charge < -0.3 is 24.9 Å². The highest BCUT2D eigenvalue weighted by Gasteiger charge is 2.38. The number of likely N-dealkylation sites (N-methyl/N-ethyl adjacent to an activating group) is 1. The summed E-state index contributed by atoms with van der Waals surface area (Å²) < 4.78 is 20.9. The standard InChI is InChI=1S/C30H27FN6O/c1-16-4-5-17(11-19(10-16)37(2)3)21-12-22-25(13-23(21)31)32-15-33-27(22)30-35-26-20(18-8-9-38-14-18)6-7-24-28(34-24)29(26)36-30/h5-14,28,32,34H,4,15H2,1-3H3,(H,35,36). The number of aliphatic imine (C=N–C) groups is 1. The van der Waals surface area contributed by atoms with E-state index in [1.54, 1.807) is 18.6 Å². The zero-order chi connectivity index (χ0) is 26.0. The fourth-order valence-corrected chi connectivity index (χ4v) is 5.23. The van der Waals surface area contributed by atoms with Gasteiger partial charge in [0, 0.05) is 53.4 Å². The number of fused-ring (bicyclic) bond motifs is 4. The van der Waals surface area contributed by atoms with Crippen molar-refractivity contribution in [3.63, 3.8) is 0 Å². The summed E-state index contributed by atoms with van der Waals surface area (Å²) in [5.74, 6) is 0.395. The molecule has 2 aliphatic heterocycles. The number of nitrogens with one attached hydrogen (secondary N) is 3. The number of furan rings is 1. The van der Waals surface area contributed by atoms with E-state index in [1.807, 2.05) is 37.2 Å². The number of nitrogens with zero attached hydrogens (tertiary/aromatic N) is 3. The van der Waals surface area contributed by atoms with E-state index in [9.17, 15) is 0 Å². The minimum atomic E-state index is -0.268. The van der Waals surface area contributed by atoms with Gasteiger partial charge in [0.2, 0.25) is 0 Å². The van der Waals surface area contributed by atoms with E-state index in [4.69, 9.17) is 14.4 Å². The maximum absolute atomic E-state index is 15.5. The Morgan fingerprint density at radius 3 is 2.84 bits per heavy atom. The number of hydrogen-bond acceptors (Lipinski definition) is 6. The van der Waals surface area contributed by atoms with E-state index < -0.39 is 0 Å². The molecule has 1 aromatic carbocycles. The maximum atomic E-state index is 15.5. The topological polar surface area (TPSA) is 91.4 Å². The normalized spacial score (nSPS) is 19.4. The highest BCUT2D eigenvalue weighted by Crippen LogP contribution is 2.42. The molecular formula is C30H27FN6O. The first-order chi connectivity index (χ1) is 18.5. The average Bonchev–Trinajstić information content (AvgIpc) is 3.35. The molecule has 4 heterocycles. The summed E-state index contributed by atoms with van der Waals surface area (Å²) in [5.41, 5.74) is 10.8. The van der Waals surface area contributed by atoms with Crippen molar-refractivity contribution in [2.75, 3.05) is 26.1 Å². The molecule has 0 spiro atoms. The second-order valence-corrected chi connectivity index (χ2v) is 10.2. The molecule has 1 unspecified atom stereocenters. The molecule has 4 aliphatic rings. The summed E-state index contributed by atoms with van der Waals surface area (Å²) in [4.78, 5) is 15.4. The van der Waals surface area contributed by atoms with Crippen molar-refractivity contribution >= 4 is 22.5 Å². The van der Waals surface area contributed by atoms with Crippen LogP contribution in [-0.4, -0.2) is 41.3 Å². The minimum Gasteiger partial charge on any atom is -0.472 e. The van der Waals surface area contributed by atoms with E-state index in [2.05, 4.69) is 46.8 Å². The summed E-state index contributed by atoms with van der Waals surface area (Å²) in [6.45, 7) is 2.44. The van der Waals surface area contributed by atoms with Crippen LogP contribution in [0.3, 0.4) is 0 Å². The number of aromatic amines is 1. The van der Waals surface area contributed by atoms with Crippen LogP contribution in [0.25, 0.3) is 11.1 Å². The third kappa shape index (κ3) is 3.72. The summed E-state index contributed by atoms with van der Waals surface area (Å²) in [6.07, 6.45) is 14.6. The van der Waals surface area contributed by atoms with Gasteiger partial charge in [-0.2, -0.15) is 0 Å². The molecule has 0 radical (unpaired) electrons. The first-order valence-corrected chi connectivity index (χ1v) is 12.7. The molecule has 0 amide bonds. The summed E-state index contributed by atoms with van der Waals surface area (Å²) >= 11 is 0. The lowest BCUT2D eigenvalue weighted by Crippen LogP contribution is -2.19.